The Morgan fingerprint density at radius 2 is 1.50 bits per heavy atom. The van der Waals surface area contributed by atoms with Crippen LogP contribution in [0.1, 0.15) is 41.0 Å². The Morgan fingerprint density at radius 3 is 1.75 bits per heavy atom. The van der Waals surface area contributed by atoms with Crippen LogP contribution in [0.25, 0.3) is 0 Å². The minimum absolute atomic E-state index is 0.200. The molecule has 0 aromatic rings. The molecule has 2 heteroatoms. The molecule has 0 rings (SSSR count). The van der Waals surface area contributed by atoms with Gasteiger partial charge < -0.3 is 10.0 Å². The molecule has 0 bridgehead atoms. The van der Waals surface area contributed by atoms with E-state index in [0.717, 1.165) is 13.0 Å². The van der Waals surface area contributed by atoms with Crippen LogP contribution in [0.5, 0.6) is 0 Å². The van der Waals surface area contributed by atoms with Gasteiger partial charge in [0.15, 0.2) is 0 Å². The van der Waals surface area contributed by atoms with Gasteiger partial charge in [-0.3, -0.25) is 0 Å². The predicted molar refractivity (Wildman–Crippen MR) is 53.3 cm³/mol. The zero-order chi connectivity index (χ0) is 9.99. The second kappa shape index (κ2) is 3.75. The van der Waals surface area contributed by atoms with Gasteiger partial charge in [-0.15, -0.1) is 0 Å². The molecule has 74 valence electrons. The number of nitrogens with zero attached hydrogens (tertiary/aromatic N) is 1. The Labute approximate surface area is 76.6 Å². The molecule has 0 aliphatic carbocycles. The van der Waals surface area contributed by atoms with E-state index in [4.69, 9.17) is 0 Å². The van der Waals surface area contributed by atoms with Gasteiger partial charge in [0, 0.05) is 12.1 Å². The molecule has 0 unspecified atom stereocenters. The number of hydrogen-bond donors (Lipinski definition) is 1. The van der Waals surface area contributed by atoms with E-state index >= 15 is 0 Å². The highest BCUT2D eigenvalue weighted by molar-refractivity contribution is 4.75. The standard InChI is InChI=1S/C10H23NO/c1-9(2,3)11(6)8-7-10(4,5)12/h12H,7-8H2,1-6H3. The summed E-state index contributed by atoms with van der Waals surface area (Å²) in [6.07, 6.45) is 0.820. The topological polar surface area (TPSA) is 23.5 Å². The zero-order valence-corrected chi connectivity index (χ0v) is 9.31. The molecule has 0 radical (unpaired) electrons. The maximum absolute atomic E-state index is 9.51. The van der Waals surface area contributed by atoms with Crippen molar-refractivity contribution in [2.45, 2.75) is 52.2 Å². The molecule has 0 saturated carbocycles. The third kappa shape index (κ3) is 5.56. The highest BCUT2D eigenvalue weighted by Gasteiger charge is 2.20. The molecule has 0 aromatic carbocycles. The molecular weight excluding hydrogens is 150 g/mol. The van der Waals surface area contributed by atoms with E-state index in [1.807, 2.05) is 13.8 Å². The first-order valence-corrected chi connectivity index (χ1v) is 4.56. The van der Waals surface area contributed by atoms with Crippen LogP contribution in [0.2, 0.25) is 0 Å². The molecule has 0 atom stereocenters. The van der Waals surface area contributed by atoms with Crippen LogP contribution < -0.4 is 0 Å². The Bertz CT molecular complexity index is 130. The van der Waals surface area contributed by atoms with Crippen molar-refractivity contribution in [3.8, 4) is 0 Å². The van der Waals surface area contributed by atoms with E-state index in [2.05, 4.69) is 32.7 Å². The molecule has 0 heterocycles. The van der Waals surface area contributed by atoms with E-state index in [9.17, 15) is 5.11 Å². The maximum atomic E-state index is 9.51. The quantitative estimate of drug-likeness (QED) is 0.704. The minimum Gasteiger partial charge on any atom is -0.390 e. The van der Waals surface area contributed by atoms with E-state index < -0.39 is 5.60 Å². The zero-order valence-electron chi connectivity index (χ0n) is 9.31. The molecule has 0 aromatic heterocycles. The highest BCUT2D eigenvalue weighted by atomic mass is 16.3. The lowest BCUT2D eigenvalue weighted by Crippen LogP contribution is -2.40. The first kappa shape index (κ1) is 11.9. The first-order valence-electron chi connectivity index (χ1n) is 4.56. The van der Waals surface area contributed by atoms with Crippen molar-refractivity contribution in [3.63, 3.8) is 0 Å². The van der Waals surface area contributed by atoms with Crippen LogP contribution in [-0.4, -0.2) is 34.7 Å². The summed E-state index contributed by atoms with van der Waals surface area (Å²) in [6.45, 7) is 11.2. The maximum Gasteiger partial charge on any atom is 0.0603 e. The number of hydrogen-bond acceptors (Lipinski definition) is 2. The lowest BCUT2D eigenvalue weighted by molar-refractivity contribution is 0.0485. The van der Waals surface area contributed by atoms with Crippen molar-refractivity contribution < 1.29 is 5.11 Å². The van der Waals surface area contributed by atoms with Crippen LogP contribution in [0, 0.1) is 0 Å². The molecule has 1 N–H and O–H groups in total. The van der Waals surface area contributed by atoms with E-state index in [1.54, 1.807) is 0 Å². The smallest absolute Gasteiger partial charge is 0.0603 e. The van der Waals surface area contributed by atoms with Crippen molar-refractivity contribution in [1.29, 1.82) is 0 Å². The van der Waals surface area contributed by atoms with Gasteiger partial charge in [-0.05, 0) is 48.1 Å². The minimum atomic E-state index is -0.542. The molecule has 0 aliphatic rings. The fraction of sp³-hybridized carbons (Fsp3) is 1.00. The molecule has 2 nitrogen and oxygen atoms in total. The Kier molecular flexibility index (Phi) is 3.73. The largest absolute Gasteiger partial charge is 0.390 e. The fourth-order valence-electron chi connectivity index (χ4n) is 0.777. The summed E-state index contributed by atoms with van der Waals surface area (Å²) >= 11 is 0. The van der Waals surface area contributed by atoms with E-state index in [-0.39, 0.29) is 5.54 Å². The summed E-state index contributed by atoms with van der Waals surface area (Å²) in [5.41, 5.74) is -0.342. The molecule has 0 amide bonds. The SMILES string of the molecule is CN(CCC(C)(C)O)C(C)(C)C. The molecule has 0 aliphatic heterocycles. The van der Waals surface area contributed by atoms with Crippen LogP contribution in [0.15, 0.2) is 0 Å². The van der Waals surface area contributed by atoms with Gasteiger partial charge in [0.2, 0.25) is 0 Å². The average Bonchev–Trinajstić information content (AvgIpc) is 1.78. The van der Waals surface area contributed by atoms with Crippen molar-refractivity contribution in [1.82, 2.24) is 4.90 Å². The summed E-state index contributed by atoms with van der Waals surface area (Å²) in [6, 6.07) is 0. The molecule has 0 fully saturated rings. The predicted octanol–water partition coefficient (Wildman–Crippen LogP) is 1.88. The van der Waals surface area contributed by atoms with Crippen LogP contribution in [-0.2, 0) is 0 Å². The van der Waals surface area contributed by atoms with E-state index in [0.29, 0.717) is 0 Å². The van der Waals surface area contributed by atoms with Gasteiger partial charge in [0.1, 0.15) is 0 Å². The summed E-state index contributed by atoms with van der Waals surface area (Å²) in [4.78, 5) is 2.25. The van der Waals surface area contributed by atoms with E-state index in [1.165, 1.54) is 0 Å². The fourth-order valence-corrected chi connectivity index (χ4v) is 0.777. The third-order valence-corrected chi connectivity index (χ3v) is 2.20. The van der Waals surface area contributed by atoms with Gasteiger partial charge in [0.25, 0.3) is 0 Å². The first-order chi connectivity index (χ1) is 5.13. The van der Waals surface area contributed by atoms with Crippen molar-refractivity contribution in [2.75, 3.05) is 13.6 Å². The Hall–Kier alpha value is -0.0800. The number of rotatable bonds is 3. The normalized spacial score (nSPS) is 14.0. The van der Waals surface area contributed by atoms with Gasteiger partial charge in [-0.25, -0.2) is 0 Å². The van der Waals surface area contributed by atoms with Crippen molar-refractivity contribution in [3.05, 3.63) is 0 Å². The number of aliphatic hydroxyl groups is 1. The highest BCUT2D eigenvalue weighted by Crippen LogP contribution is 2.14. The van der Waals surface area contributed by atoms with Gasteiger partial charge in [-0.2, -0.15) is 0 Å². The van der Waals surface area contributed by atoms with Crippen molar-refractivity contribution in [2.24, 2.45) is 0 Å². The molecule has 0 spiro atoms. The summed E-state index contributed by atoms with van der Waals surface area (Å²) in [5, 5.41) is 9.51. The second-order valence-electron chi connectivity index (χ2n) is 5.15. The second-order valence-corrected chi connectivity index (χ2v) is 5.15. The Balaban J connectivity index is 3.80. The molecule has 0 saturated heterocycles. The lowest BCUT2D eigenvalue weighted by atomic mass is 10.0. The summed E-state index contributed by atoms with van der Waals surface area (Å²) in [5.74, 6) is 0. The van der Waals surface area contributed by atoms with Crippen LogP contribution in [0.4, 0.5) is 0 Å². The van der Waals surface area contributed by atoms with Crippen molar-refractivity contribution >= 4 is 0 Å². The summed E-state index contributed by atoms with van der Waals surface area (Å²) < 4.78 is 0. The average molecular weight is 173 g/mol. The Morgan fingerprint density at radius 1 is 1.08 bits per heavy atom. The van der Waals surface area contributed by atoms with Crippen LogP contribution in [0.3, 0.4) is 0 Å². The molecular formula is C10H23NO. The lowest BCUT2D eigenvalue weighted by Gasteiger charge is -2.33. The van der Waals surface area contributed by atoms with Gasteiger partial charge in [0.05, 0.1) is 5.60 Å². The van der Waals surface area contributed by atoms with Gasteiger partial charge in [-0.1, -0.05) is 0 Å². The monoisotopic (exact) mass is 173 g/mol. The molecule has 12 heavy (non-hydrogen) atoms. The third-order valence-electron chi connectivity index (χ3n) is 2.20. The van der Waals surface area contributed by atoms with Gasteiger partial charge >= 0.3 is 0 Å². The van der Waals surface area contributed by atoms with Crippen LogP contribution >= 0.6 is 0 Å². The summed E-state index contributed by atoms with van der Waals surface area (Å²) in [7, 11) is 2.09.